The van der Waals surface area contributed by atoms with Crippen LogP contribution in [0.5, 0.6) is 0 Å². The molecule has 2 fully saturated rings. The molecule has 0 radical (unpaired) electrons. The van der Waals surface area contributed by atoms with Crippen LogP contribution in [0.25, 0.3) is 21.5 Å². The smallest absolute Gasteiger partial charge is 0.105 e. The van der Waals surface area contributed by atoms with Crippen LogP contribution in [0.15, 0.2) is 70.9 Å². The first-order valence-electron chi connectivity index (χ1n) is 15.4. The number of piperazine rings is 2. The van der Waals surface area contributed by atoms with Crippen LogP contribution in [0.1, 0.15) is 24.2 Å². The second-order valence-corrected chi connectivity index (χ2v) is 11.9. The average Bonchev–Trinajstić information content (AvgIpc) is 3.05. The van der Waals surface area contributed by atoms with Gasteiger partial charge in [-0.15, -0.1) is 0 Å². The van der Waals surface area contributed by atoms with E-state index in [0.29, 0.717) is 0 Å². The predicted molar refractivity (Wildman–Crippen MR) is 176 cm³/mol. The van der Waals surface area contributed by atoms with Crippen molar-refractivity contribution in [3.8, 4) is 0 Å². The molecule has 8 rings (SSSR count). The molecule has 0 atom stereocenters. The van der Waals surface area contributed by atoms with E-state index in [4.69, 9.17) is 9.98 Å². The van der Waals surface area contributed by atoms with Gasteiger partial charge in [-0.2, -0.15) is 0 Å². The number of nitrogens with zero attached hydrogens (tertiary/aromatic N) is 8. The number of rotatable bonds is 0. The number of pyridine rings is 2. The highest BCUT2D eigenvalue weighted by Gasteiger charge is 2.24. The number of hydrogen-bond acceptors (Lipinski definition) is 8. The fourth-order valence-electron chi connectivity index (χ4n) is 6.41. The third kappa shape index (κ3) is 6.11. The van der Waals surface area contributed by atoms with Gasteiger partial charge in [-0.1, -0.05) is 48.5 Å². The third-order valence-corrected chi connectivity index (χ3v) is 9.09. The molecule has 9 heteroatoms. The summed E-state index contributed by atoms with van der Waals surface area (Å²) in [5.74, 6) is 2.49. The number of amidine groups is 2. The zero-order valence-corrected chi connectivity index (χ0v) is 25.3. The van der Waals surface area contributed by atoms with Gasteiger partial charge in [0.1, 0.15) is 11.7 Å². The van der Waals surface area contributed by atoms with E-state index in [1.165, 1.54) is 33.2 Å². The lowest BCUT2D eigenvalue weighted by atomic mass is 10.0. The maximum Gasteiger partial charge on any atom is 0.105 e. The fourth-order valence-corrected chi connectivity index (χ4v) is 6.41. The SMILES string of the molecule is CN1CCN(C2=Nc3c(ncc4ccccc34)CC2)CC1.CN1CCN(C2=Nc3c(ncc4ccccc34)CC2)CC1.O. The first-order chi connectivity index (χ1) is 20.6. The maximum atomic E-state index is 4.98. The topological polar surface area (TPSA) is 95.0 Å². The highest BCUT2D eigenvalue weighted by Crippen LogP contribution is 2.34. The standard InChI is InChI=1S/2C17H20N4.H2O/c2*1-20-8-10-21(11-9-20)16-7-6-15-17(19-16)14-5-3-2-4-13(14)12-18-15;/h2*2-5,12H,6-11H2,1H3;1H2. The summed E-state index contributed by atoms with van der Waals surface area (Å²) in [5, 5.41) is 4.82. The summed E-state index contributed by atoms with van der Waals surface area (Å²) in [4.78, 5) is 28.8. The van der Waals surface area contributed by atoms with E-state index in [0.717, 1.165) is 101 Å². The van der Waals surface area contributed by atoms with Crippen LogP contribution in [-0.2, 0) is 12.8 Å². The summed E-state index contributed by atoms with van der Waals surface area (Å²) in [6.07, 6.45) is 8.00. The van der Waals surface area contributed by atoms with Crippen molar-refractivity contribution < 1.29 is 5.48 Å². The number of benzene rings is 2. The van der Waals surface area contributed by atoms with Crippen LogP contribution < -0.4 is 0 Å². The lowest BCUT2D eigenvalue weighted by Crippen LogP contribution is -2.47. The van der Waals surface area contributed by atoms with Crippen molar-refractivity contribution in [2.45, 2.75) is 25.7 Å². The molecule has 0 aliphatic carbocycles. The molecule has 4 aliphatic rings. The van der Waals surface area contributed by atoms with Crippen LogP contribution in [0.3, 0.4) is 0 Å². The Hall–Kier alpha value is -3.92. The molecule has 43 heavy (non-hydrogen) atoms. The molecule has 0 saturated carbocycles. The summed E-state index contributed by atoms with van der Waals surface area (Å²) < 4.78 is 0. The van der Waals surface area contributed by atoms with E-state index in [1.54, 1.807) is 0 Å². The Labute approximate surface area is 253 Å². The zero-order chi connectivity index (χ0) is 28.5. The molecule has 2 aromatic carbocycles. The molecule has 2 saturated heterocycles. The average molecular weight is 579 g/mol. The Morgan fingerprint density at radius 3 is 1.33 bits per heavy atom. The number of hydrogen-bond donors (Lipinski definition) is 0. The van der Waals surface area contributed by atoms with Crippen molar-refractivity contribution in [2.24, 2.45) is 9.98 Å². The molecule has 0 amide bonds. The molecular formula is C34H42N8O. The normalized spacial score (nSPS) is 19.0. The predicted octanol–water partition coefficient (Wildman–Crippen LogP) is 4.09. The van der Waals surface area contributed by atoms with Crippen molar-refractivity contribution in [2.75, 3.05) is 66.5 Å². The number of likely N-dealkylation sites (N-methyl/N-ethyl adjacent to an activating group) is 2. The number of fused-ring (bicyclic) bond motifs is 6. The molecule has 6 heterocycles. The largest absolute Gasteiger partial charge is 0.412 e. The number of aromatic nitrogens is 2. The Bertz CT molecular complexity index is 1530. The van der Waals surface area contributed by atoms with Crippen molar-refractivity contribution in [1.29, 1.82) is 0 Å². The molecule has 2 N–H and O–H groups in total. The monoisotopic (exact) mass is 578 g/mol. The molecule has 0 spiro atoms. The number of aliphatic imine (C=N–C) groups is 2. The van der Waals surface area contributed by atoms with Gasteiger partial charge in [-0.3, -0.25) is 9.97 Å². The van der Waals surface area contributed by atoms with Gasteiger partial charge >= 0.3 is 0 Å². The van der Waals surface area contributed by atoms with Gasteiger partial charge in [-0.25, -0.2) is 9.98 Å². The zero-order valence-electron chi connectivity index (χ0n) is 25.3. The van der Waals surface area contributed by atoms with Crippen molar-refractivity contribution in [1.82, 2.24) is 29.6 Å². The van der Waals surface area contributed by atoms with E-state index in [1.807, 2.05) is 12.4 Å². The summed E-state index contributed by atoms with van der Waals surface area (Å²) in [5.41, 5.74) is 4.47. The fraction of sp³-hybridized carbons (Fsp3) is 0.412. The molecule has 0 bridgehead atoms. The van der Waals surface area contributed by atoms with Gasteiger partial charge in [0.05, 0.1) is 22.8 Å². The van der Waals surface area contributed by atoms with E-state index >= 15 is 0 Å². The maximum absolute atomic E-state index is 4.98. The van der Waals surface area contributed by atoms with Crippen molar-refractivity contribution in [3.05, 3.63) is 72.3 Å². The minimum Gasteiger partial charge on any atom is -0.412 e. The van der Waals surface area contributed by atoms with Gasteiger partial charge in [0.25, 0.3) is 0 Å². The minimum atomic E-state index is 0. The van der Waals surface area contributed by atoms with Crippen LogP contribution in [-0.4, -0.2) is 113 Å². The number of aryl methyl sites for hydroxylation is 2. The Morgan fingerprint density at radius 2 is 0.907 bits per heavy atom. The van der Waals surface area contributed by atoms with E-state index < -0.39 is 0 Å². The minimum absolute atomic E-state index is 0. The van der Waals surface area contributed by atoms with Gasteiger partial charge < -0.3 is 25.1 Å². The third-order valence-electron chi connectivity index (χ3n) is 9.09. The summed E-state index contributed by atoms with van der Waals surface area (Å²) in [7, 11) is 4.37. The second-order valence-electron chi connectivity index (χ2n) is 11.9. The quantitative estimate of drug-likeness (QED) is 0.312. The van der Waals surface area contributed by atoms with Gasteiger partial charge in [0, 0.05) is 99.1 Å². The first-order valence-corrected chi connectivity index (χ1v) is 15.4. The van der Waals surface area contributed by atoms with Gasteiger partial charge in [-0.05, 0) is 26.9 Å². The Morgan fingerprint density at radius 1 is 0.512 bits per heavy atom. The van der Waals surface area contributed by atoms with Crippen LogP contribution in [0.2, 0.25) is 0 Å². The lowest BCUT2D eigenvalue weighted by molar-refractivity contribution is 0.213. The van der Waals surface area contributed by atoms with E-state index in [9.17, 15) is 0 Å². The summed E-state index contributed by atoms with van der Waals surface area (Å²) in [6.45, 7) is 8.84. The summed E-state index contributed by atoms with van der Waals surface area (Å²) >= 11 is 0. The molecule has 9 nitrogen and oxygen atoms in total. The lowest BCUT2D eigenvalue weighted by Gasteiger charge is -2.35. The molecule has 0 unspecified atom stereocenters. The van der Waals surface area contributed by atoms with Gasteiger partial charge in [0.2, 0.25) is 0 Å². The molecule has 2 aromatic heterocycles. The van der Waals surface area contributed by atoms with E-state index in [-0.39, 0.29) is 5.48 Å². The van der Waals surface area contributed by atoms with Crippen molar-refractivity contribution in [3.63, 3.8) is 0 Å². The molecule has 4 aliphatic heterocycles. The van der Waals surface area contributed by atoms with Crippen LogP contribution in [0, 0.1) is 0 Å². The highest BCUT2D eigenvalue weighted by atomic mass is 16.0. The Kier molecular flexibility index (Phi) is 8.65. The molecule has 4 aromatic rings. The van der Waals surface area contributed by atoms with Gasteiger partial charge in [0.15, 0.2) is 0 Å². The Balaban J connectivity index is 0.000000150. The van der Waals surface area contributed by atoms with Crippen molar-refractivity contribution >= 4 is 44.6 Å². The van der Waals surface area contributed by atoms with Crippen LogP contribution >= 0.6 is 0 Å². The van der Waals surface area contributed by atoms with Crippen LogP contribution in [0.4, 0.5) is 11.4 Å². The van der Waals surface area contributed by atoms with E-state index in [2.05, 4.69) is 92.2 Å². The second kappa shape index (κ2) is 12.8. The molecule has 224 valence electrons. The summed E-state index contributed by atoms with van der Waals surface area (Å²) in [6, 6.07) is 16.8. The highest BCUT2D eigenvalue weighted by molar-refractivity contribution is 5.99. The first kappa shape index (κ1) is 29.2. The molecular weight excluding hydrogens is 536 g/mol.